The number of rotatable bonds is 6. The number of hydrogen-bond donors (Lipinski definition) is 3. The fourth-order valence-electron chi connectivity index (χ4n) is 5.40. The molecule has 190 valence electrons. The van der Waals surface area contributed by atoms with Gasteiger partial charge in [-0.05, 0) is 70.4 Å². The molecule has 0 atom stereocenters. The summed E-state index contributed by atoms with van der Waals surface area (Å²) >= 11 is 0. The molecule has 0 bridgehead atoms. The Kier molecular flexibility index (Phi) is 7.26. The van der Waals surface area contributed by atoms with E-state index in [1.54, 1.807) is 6.20 Å². The molecule has 2 aromatic heterocycles. The van der Waals surface area contributed by atoms with E-state index in [-0.39, 0.29) is 25.2 Å². The van der Waals surface area contributed by atoms with Gasteiger partial charge < -0.3 is 15.7 Å². The number of benzene rings is 1. The number of aromatic nitrogens is 4. The SMILES string of the molecule is C.CC(C)(O)C1CCC(Nc2ncc3nc(Nc4ccc(F)cc4F)n(C4CCCC4)c3n2)CC1. The van der Waals surface area contributed by atoms with Gasteiger partial charge in [-0.3, -0.25) is 4.57 Å². The van der Waals surface area contributed by atoms with Crippen molar-refractivity contribution < 1.29 is 13.9 Å². The number of imidazole rings is 1. The molecule has 2 fully saturated rings. The molecule has 5 rings (SSSR count). The minimum absolute atomic E-state index is 0. The molecular weight excluding hydrogens is 450 g/mol. The summed E-state index contributed by atoms with van der Waals surface area (Å²) in [6.07, 6.45) is 9.76. The van der Waals surface area contributed by atoms with E-state index in [9.17, 15) is 13.9 Å². The zero-order valence-electron chi connectivity index (χ0n) is 19.7. The number of anilines is 3. The monoisotopic (exact) mass is 486 g/mol. The minimum atomic E-state index is -0.667. The summed E-state index contributed by atoms with van der Waals surface area (Å²) in [5.41, 5.74) is 0.861. The van der Waals surface area contributed by atoms with Gasteiger partial charge in [-0.15, -0.1) is 0 Å². The topological polar surface area (TPSA) is 87.9 Å². The Morgan fingerprint density at radius 1 is 1.03 bits per heavy atom. The fraction of sp³-hybridized carbons (Fsp3) is 0.577. The lowest BCUT2D eigenvalue weighted by Gasteiger charge is -2.36. The van der Waals surface area contributed by atoms with Crippen molar-refractivity contribution in [2.45, 2.75) is 90.3 Å². The average molecular weight is 487 g/mol. The van der Waals surface area contributed by atoms with Crippen molar-refractivity contribution in [3.05, 3.63) is 36.0 Å². The summed E-state index contributed by atoms with van der Waals surface area (Å²) < 4.78 is 29.7. The summed E-state index contributed by atoms with van der Waals surface area (Å²) in [6, 6.07) is 3.93. The Morgan fingerprint density at radius 3 is 2.40 bits per heavy atom. The van der Waals surface area contributed by atoms with Gasteiger partial charge in [0.15, 0.2) is 5.65 Å². The van der Waals surface area contributed by atoms with Crippen LogP contribution in [0.3, 0.4) is 0 Å². The van der Waals surface area contributed by atoms with E-state index in [2.05, 4.69) is 20.6 Å². The minimum Gasteiger partial charge on any atom is -0.390 e. The second-order valence-corrected chi connectivity index (χ2v) is 10.2. The molecule has 0 aliphatic heterocycles. The van der Waals surface area contributed by atoms with Crippen molar-refractivity contribution >= 4 is 28.7 Å². The average Bonchev–Trinajstić information content (AvgIpc) is 3.42. The Balaban J connectivity index is 0.00000289. The Bertz CT molecular complexity index is 1160. The van der Waals surface area contributed by atoms with E-state index in [4.69, 9.17) is 4.98 Å². The molecule has 2 saturated carbocycles. The van der Waals surface area contributed by atoms with Gasteiger partial charge in [0.1, 0.15) is 17.2 Å². The van der Waals surface area contributed by atoms with E-state index in [0.29, 0.717) is 29.0 Å². The lowest BCUT2D eigenvalue weighted by molar-refractivity contribution is -0.000414. The zero-order valence-corrected chi connectivity index (χ0v) is 19.7. The van der Waals surface area contributed by atoms with Gasteiger partial charge in [0.2, 0.25) is 11.9 Å². The summed E-state index contributed by atoms with van der Waals surface area (Å²) in [4.78, 5) is 14.0. The van der Waals surface area contributed by atoms with Crippen LogP contribution in [-0.2, 0) is 0 Å². The van der Waals surface area contributed by atoms with Crippen LogP contribution >= 0.6 is 0 Å². The van der Waals surface area contributed by atoms with Crippen LogP contribution in [0.2, 0.25) is 0 Å². The smallest absolute Gasteiger partial charge is 0.224 e. The number of fused-ring (bicyclic) bond motifs is 1. The van der Waals surface area contributed by atoms with E-state index < -0.39 is 17.2 Å². The highest BCUT2D eigenvalue weighted by Crippen LogP contribution is 2.37. The van der Waals surface area contributed by atoms with Crippen LogP contribution in [0.4, 0.5) is 26.4 Å². The summed E-state index contributed by atoms with van der Waals surface area (Å²) in [7, 11) is 0. The number of aliphatic hydroxyl groups is 1. The highest BCUT2D eigenvalue weighted by molar-refractivity contribution is 5.76. The van der Waals surface area contributed by atoms with Crippen LogP contribution in [0.1, 0.15) is 78.7 Å². The fourth-order valence-corrected chi connectivity index (χ4v) is 5.40. The predicted molar refractivity (Wildman–Crippen MR) is 135 cm³/mol. The quantitative estimate of drug-likeness (QED) is 0.377. The molecule has 35 heavy (non-hydrogen) atoms. The van der Waals surface area contributed by atoms with E-state index in [0.717, 1.165) is 57.4 Å². The summed E-state index contributed by atoms with van der Waals surface area (Å²) in [6.45, 7) is 3.77. The molecule has 3 N–H and O–H groups in total. The standard InChI is InChI=1S/C25H32F2N6O.CH4/c1-25(2,34)15-7-10-17(11-8-15)29-23-28-14-21-22(32-23)33(18-5-3-4-6-18)24(31-21)30-20-12-9-16(26)13-19(20)27;/h9,12-15,17-18,34H,3-8,10-11H2,1-2H3,(H,30,31)(H,28,29,32);1H4. The van der Waals surface area contributed by atoms with Gasteiger partial charge in [0.25, 0.3) is 0 Å². The number of hydrogen-bond acceptors (Lipinski definition) is 6. The van der Waals surface area contributed by atoms with Crippen LogP contribution in [0.25, 0.3) is 11.2 Å². The molecule has 9 heteroatoms. The molecule has 0 saturated heterocycles. The number of nitrogens with one attached hydrogen (secondary N) is 2. The highest BCUT2D eigenvalue weighted by atomic mass is 19.1. The van der Waals surface area contributed by atoms with Crippen LogP contribution in [0, 0.1) is 17.6 Å². The van der Waals surface area contributed by atoms with Gasteiger partial charge in [-0.2, -0.15) is 4.98 Å². The summed E-state index contributed by atoms with van der Waals surface area (Å²) in [5.74, 6) is 0.0614. The Labute approximate surface area is 205 Å². The van der Waals surface area contributed by atoms with Crippen molar-refractivity contribution in [3.8, 4) is 0 Å². The first kappa shape index (κ1) is 25.3. The first-order chi connectivity index (χ1) is 16.3. The third-order valence-corrected chi connectivity index (χ3v) is 7.36. The molecule has 1 aromatic carbocycles. The Morgan fingerprint density at radius 2 is 1.74 bits per heavy atom. The molecule has 2 aliphatic carbocycles. The van der Waals surface area contributed by atoms with Gasteiger partial charge >= 0.3 is 0 Å². The van der Waals surface area contributed by atoms with Crippen LogP contribution in [-0.4, -0.2) is 36.3 Å². The van der Waals surface area contributed by atoms with Crippen LogP contribution < -0.4 is 10.6 Å². The van der Waals surface area contributed by atoms with Crippen molar-refractivity contribution in [2.24, 2.45) is 5.92 Å². The lowest BCUT2D eigenvalue weighted by Crippen LogP contribution is -2.37. The largest absolute Gasteiger partial charge is 0.390 e. The molecule has 0 amide bonds. The summed E-state index contributed by atoms with van der Waals surface area (Å²) in [5, 5.41) is 16.8. The van der Waals surface area contributed by atoms with Gasteiger partial charge in [-0.1, -0.05) is 20.3 Å². The predicted octanol–water partition coefficient (Wildman–Crippen LogP) is 6.34. The molecule has 0 unspecified atom stereocenters. The van der Waals surface area contributed by atoms with E-state index in [1.807, 2.05) is 18.4 Å². The van der Waals surface area contributed by atoms with E-state index in [1.165, 1.54) is 12.1 Å². The normalized spacial score (nSPS) is 21.2. The first-order valence-corrected chi connectivity index (χ1v) is 12.2. The lowest BCUT2D eigenvalue weighted by atomic mass is 9.77. The third-order valence-electron chi connectivity index (χ3n) is 7.36. The van der Waals surface area contributed by atoms with Gasteiger partial charge in [0.05, 0.1) is 17.5 Å². The van der Waals surface area contributed by atoms with Crippen molar-refractivity contribution in [1.82, 2.24) is 19.5 Å². The molecular formula is C26H36F2N6O. The van der Waals surface area contributed by atoms with Gasteiger partial charge in [-0.25, -0.2) is 18.7 Å². The second kappa shape index (κ2) is 10.0. The second-order valence-electron chi connectivity index (χ2n) is 10.2. The maximum atomic E-state index is 14.3. The van der Waals surface area contributed by atoms with Crippen molar-refractivity contribution in [2.75, 3.05) is 10.6 Å². The maximum Gasteiger partial charge on any atom is 0.224 e. The maximum absolute atomic E-state index is 14.3. The van der Waals surface area contributed by atoms with Gasteiger partial charge in [0, 0.05) is 18.2 Å². The number of halogens is 2. The Hall–Kier alpha value is -2.81. The molecule has 3 aromatic rings. The molecule has 7 nitrogen and oxygen atoms in total. The third kappa shape index (κ3) is 5.39. The zero-order chi connectivity index (χ0) is 23.9. The molecule has 0 radical (unpaired) electrons. The van der Waals surface area contributed by atoms with Crippen LogP contribution in [0.15, 0.2) is 24.4 Å². The molecule has 0 spiro atoms. The molecule has 2 heterocycles. The number of nitrogens with zero attached hydrogens (tertiary/aromatic N) is 4. The van der Waals surface area contributed by atoms with Crippen LogP contribution in [0.5, 0.6) is 0 Å². The molecule has 2 aliphatic rings. The van der Waals surface area contributed by atoms with Crippen molar-refractivity contribution in [3.63, 3.8) is 0 Å². The van der Waals surface area contributed by atoms with E-state index >= 15 is 0 Å². The van der Waals surface area contributed by atoms with Crippen molar-refractivity contribution in [1.29, 1.82) is 0 Å². The first-order valence-electron chi connectivity index (χ1n) is 12.2. The highest BCUT2D eigenvalue weighted by Gasteiger charge is 2.32.